The van der Waals surface area contributed by atoms with E-state index < -0.39 is 16.3 Å². The Morgan fingerprint density at radius 1 is 1.44 bits per heavy atom. The van der Waals surface area contributed by atoms with Crippen molar-refractivity contribution in [3.63, 3.8) is 0 Å². The number of hydrogen-bond acceptors (Lipinski definition) is 5. The Morgan fingerprint density at radius 2 is 2.00 bits per heavy atom. The number of morpholine rings is 1. The zero-order valence-electron chi connectivity index (χ0n) is 10.5. The molecule has 0 radical (unpaired) electrons. The number of nitrogens with one attached hydrogen (secondary N) is 1. The zero-order valence-corrected chi connectivity index (χ0v) is 11.4. The first-order chi connectivity index (χ1) is 8.38. The summed E-state index contributed by atoms with van der Waals surface area (Å²) in [6.07, 6.45) is 0. The lowest BCUT2D eigenvalue weighted by molar-refractivity contribution is 0.0723. The lowest BCUT2D eigenvalue weighted by atomic mass is 10.1. The van der Waals surface area contributed by atoms with E-state index in [2.05, 4.69) is 9.88 Å². The predicted octanol–water partition coefficient (Wildman–Crippen LogP) is -1.08. The highest BCUT2D eigenvalue weighted by Crippen LogP contribution is 2.08. The van der Waals surface area contributed by atoms with Crippen LogP contribution in [0.4, 0.5) is 0 Å². The zero-order chi connectivity index (χ0) is 13.8. The molecule has 1 fully saturated rings. The molecule has 0 aromatic rings. The Labute approximate surface area is 107 Å². The number of oxime groups is 1. The van der Waals surface area contributed by atoms with E-state index in [9.17, 15) is 8.42 Å². The van der Waals surface area contributed by atoms with Gasteiger partial charge in [-0.3, -0.25) is 0 Å². The number of rotatable bonds is 5. The van der Waals surface area contributed by atoms with E-state index in [1.165, 1.54) is 4.31 Å². The summed E-state index contributed by atoms with van der Waals surface area (Å²) < 4.78 is 33.0. The molecule has 1 unspecified atom stereocenters. The SMILES string of the molecule is CC(C)C(NS(=O)(=O)N1CCOCC1)C(N)=NO. The Balaban J connectivity index is 2.78. The maximum atomic E-state index is 12.1. The highest BCUT2D eigenvalue weighted by atomic mass is 32.2. The van der Waals surface area contributed by atoms with Crippen molar-refractivity contribution in [3.8, 4) is 0 Å². The van der Waals surface area contributed by atoms with Gasteiger partial charge in [0.05, 0.1) is 19.3 Å². The second-order valence-electron chi connectivity index (χ2n) is 4.38. The van der Waals surface area contributed by atoms with Crippen LogP contribution in [-0.4, -0.2) is 56.1 Å². The molecule has 1 heterocycles. The lowest BCUT2D eigenvalue weighted by Gasteiger charge is -2.29. The van der Waals surface area contributed by atoms with Crippen LogP contribution in [0.1, 0.15) is 13.8 Å². The minimum atomic E-state index is -3.65. The molecule has 9 heteroatoms. The molecule has 4 N–H and O–H groups in total. The molecular weight excluding hydrogens is 260 g/mol. The monoisotopic (exact) mass is 280 g/mol. The van der Waals surface area contributed by atoms with Crippen molar-refractivity contribution in [3.05, 3.63) is 0 Å². The number of amidine groups is 1. The van der Waals surface area contributed by atoms with Gasteiger partial charge in [-0.05, 0) is 5.92 Å². The Hall–Kier alpha value is -0.900. The molecule has 0 aromatic carbocycles. The summed E-state index contributed by atoms with van der Waals surface area (Å²) in [4.78, 5) is 0. The standard InChI is InChI=1S/C9H20N4O4S/c1-7(2)8(9(10)11-14)12-18(15,16)13-3-5-17-6-4-13/h7-8,12,14H,3-6H2,1-2H3,(H2,10,11). The minimum Gasteiger partial charge on any atom is -0.409 e. The first kappa shape index (κ1) is 15.2. The van der Waals surface area contributed by atoms with Gasteiger partial charge in [0, 0.05) is 13.1 Å². The van der Waals surface area contributed by atoms with Crippen molar-refractivity contribution >= 4 is 16.0 Å². The van der Waals surface area contributed by atoms with Gasteiger partial charge in [0.25, 0.3) is 10.2 Å². The van der Waals surface area contributed by atoms with E-state index in [0.717, 1.165) is 0 Å². The molecule has 0 bridgehead atoms. The van der Waals surface area contributed by atoms with Crippen molar-refractivity contribution in [1.29, 1.82) is 0 Å². The van der Waals surface area contributed by atoms with Crippen LogP contribution in [0.2, 0.25) is 0 Å². The summed E-state index contributed by atoms with van der Waals surface area (Å²) in [5, 5.41) is 11.5. The van der Waals surface area contributed by atoms with Gasteiger partial charge >= 0.3 is 0 Å². The number of ether oxygens (including phenoxy) is 1. The second kappa shape index (κ2) is 6.32. The predicted molar refractivity (Wildman–Crippen MR) is 66.5 cm³/mol. The summed E-state index contributed by atoms with van der Waals surface area (Å²) >= 11 is 0. The average molecular weight is 280 g/mol. The first-order valence-electron chi connectivity index (χ1n) is 5.71. The van der Waals surface area contributed by atoms with Crippen molar-refractivity contribution < 1.29 is 18.4 Å². The van der Waals surface area contributed by atoms with Crippen LogP contribution in [0.3, 0.4) is 0 Å². The van der Waals surface area contributed by atoms with Crippen LogP contribution in [-0.2, 0) is 14.9 Å². The molecule has 0 aliphatic carbocycles. The molecule has 0 saturated carbocycles. The summed E-state index contributed by atoms with van der Waals surface area (Å²) in [5.41, 5.74) is 5.48. The summed E-state index contributed by atoms with van der Waals surface area (Å²) in [7, 11) is -3.65. The topological polar surface area (TPSA) is 117 Å². The molecule has 18 heavy (non-hydrogen) atoms. The van der Waals surface area contributed by atoms with Gasteiger partial charge in [0.2, 0.25) is 0 Å². The quantitative estimate of drug-likeness (QED) is 0.256. The van der Waals surface area contributed by atoms with E-state index in [4.69, 9.17) is 15.7 Å². The van der Waals surface area contributed by atoms with E-state index in [-0.39, 0.29) is 11.8 Å². The van der Waals surface area contributed by atoms with Gasteiger partial charge in [-0.15, -0.1) is 0 Å². The molecule has 1 atom stereocenters. The molecule has 1 rings (SSSR count). The molecule has 1 aliphatic rings. The third-order valence-corrected chi connectivity index (χ3v) is 4.28. The smallest absolute Gasteiger partial charge is 0.280 e. The summed E-state index contributed by atoms with van der Waals surface area (Å²) in [6, 6.07) is -0.733. The van der Waals surface area contributed by atoms with Crippen molar-refractivity contribution in [2.24, 2.45) is 16.8 Å². The normalized spacial score (nSPS) is 21.2. The van der Waals surface area contributed by atoms with E-state index in [1.807, 2.05) is 0 Å². The number of nitrogens with two attached hydrogens (primary N) is 1. The molecule has 0 spiro atoms. The Bertz CT molecular complexity index is 389. The lowest BCUT2D eigenvalue weighted by Crippen LogP contribution is -2.54. The molecule has 106 valence electrons. The number of hydrogen-bond donors (Lipinski definition) is 3. The van der Waals surface area contributed by atoms with Crippen LogP contribution in [0.5, 0.6) is 0 Å². The second-order valence-corrected chi connectivity index (χ2v) is 6.08. The van der Waals surface area contributed by atoms with Crippen molar-refractivity contribution in [2.45, 2.75) is 19.9 Å². The van der Waals surface area contributed by atoms with Crippen molar-refractivity contribution in [1.82, 2.24) is 9.03 Å². The third-order valence-electron chi connectivity index (χ3n) is 2.69. The van der Waals surface area contributed by atoms with Crippen molar-refractivity contribution in [2.75, 3.05) is 26.3 Å². The summed E-state index contributed by atoms with van der Waals surface area (Å²) in [6.45, 7) is 4.91. The molecule has 8 nitrogen and oxygen atoms in total. The van der Waals surface area contributed by atoms with Crippen LogP contribution in [0.25, 0.3) is 0 Å². The Morgan fingerprint density at radius 3 is 2.44 bits per heavy atom. The fourth-order valence-corrected chi connectivity index (χ4v) is 3.11. The van der Waals surface area contributed by atoms with Gasteiger partial charge in [0.1, 0.15) is 0 Å². The Kier molecular flexibility index (Phi) is 5.32. The first-order valence-corrected chi connectivity index (χ1v) is 7.15. The maximum absolute atomic E-state index is 12.1. The fourth-order valence-electron chi connectivity index (χ4n) is 1.62. The molecule has 1 saturated heterocycles. The largest absolute Gasteiger partial charge is 0.409 e. The minimum absolute atomic E-state index is 0.128. The van der Waals surface area contributed by atoms with E-state index in [0.29, 0.717) is 26.3 Å². The molecule has 0 amide bonds. The summed E-state index contributed by atoms with van der Waals surface area (Å²) in [5.74, 6) is -0.279. The van der Waals surface area contributed by atoms with Gasteiger partial charge in [-0.1, -0.05) is 19.0 Å². The number of nitrogens with zero attached hydrogens (tertiary/aromatic N) is 2. The van der Waals surface area contributed by atoms with E-state index in [1.54, 1.807) is 13.8 Å². The van der Waals surface area contributed by atoms with Crippen LogP contribution in [0.15, 0.2) is 5.16 Å². The van der Waals surface area contributed by atoms with Gasteiger partial charge < -0.3 is 15.7 Å². The van der Waals surface area contributed by atoms with Gasteiger partial charge in [-0.2, -0.15) is 17.4 Å². The van der Waals surface area contributed by atoms with Crippen LogP contribution < -0.4 is 10.5 Å². The van der Waals surface area contributed by atoms with Gasteiger partial charge in [-0.25, -0.2) is 0 Å². The van der Waals surface area contributed by atoms with Gasteiger partial charge in [0.15, 0.2) is 5.84 Å². The molecular formula is C9H20N4O4S. The maximum Gasteiger partial charge on any atom is 0.280 e. The van der Waals surface area contributed by atoms with Crippen LogP contribution >= 0.6 is 0 Å². The third kappa shape index (κ3) is 3.80. The van der Waals surface area contributed by atoms with Crippen LogP contribution in [0, 0.1) is 5.92 Å². The molecule has 0 aromatic heterocycles. The molecule has 1 aliphatic heterocycles. The average Bonchev–Trinajstić information content (AvgIpc) is 2.36. The van der Waals surface area contributed by atoms with E-state index >= 15 is 0 Å². The highest BCUT2D eigenvalue weighted by molar-refractivity contribution is 7.87. The highest BCUT2D eigenvalue weighted by Gasteiger charge is 2.30. The fraction of sp³-hybridized carbons (Fsp3) is 0.889.